The first kappa shape index (κ1) is 20.1. The monoisotopic (exact) mass is 444 g/mol. The number of hydrogen-bond donors (Lipinski definition) is 1. The molecule has 0 aromatic carbocycles. The number of carbonyl (C=O) groups excluding carboxylic acids is 1. The molecule has 0 saturated heterocycles. The van der Waals surface area contributed by atoms with E-state index in [0.717, 1.165) is 65.9 Å². The van der Waals surface area contributed by atoms with Crippen molar-refractivity contribution in [1.29, 1.82) is 0 Å². The molecule has 0 unspecified atom stereocenters. The number of pyridine rings is 1. The molecule has 4 aromatic heterocycles. The van der Waals surface area contributed by atoms with Gasteiger partial charge in [0.25, 0.3) is 5.91 Å². The summed E-state index contributed by atoms with van der Waals surface area (Å²) in [7, 11) is 1.92. The van der Waals surface area contributed by atoms with Gasteiger partial charge in [0.2, 0.25) is 0 Å². The second-order valence-electron chi connectivity index (χ2n) is 9.30. The summed E-state index contributed by atoms with van der Waals surface area (Å²) >= 11 is 0. The Balaban J connectivity index is 1.29. The molecule has 2 aliphatic rings. The molecule has 4 aromatic rings. The first-order valence-electron chi connectivity index (χ1n) is 11.7. The van der Waals surface area contributed by atoms with Gasteiger partial charge in [-0.1, -0.05) is 0 Å². The summed E-state index contributed by atoms with van der Waals surface area (Å²) in [5.74, 6) is 0.757. The Morgan fingerprint density at radius 2 is 1.94 bits per heavy atom. The lowest BCUT2D eigenvalue weighted by Crippen LogP contribution is -2.13. The number of rotatable bonds is 7. The van der Waals surface area contributed by atoms with Crippen molar-refractivity contribution in [2.75, 3.05) is 5.32 Å². The molecule has 1 N–H and O–H groups in total. The van der Waals surface area contributed by atoms with E-state index >= 15 is 0 Å². The second kappa shape index (κ2) is 7.54. The maximum atomic E-state index is 13.5. The number of nitrogens with zero attached hydrogens (tertiary/aromatic N) is 7. The van der Waals surface area contributed by atoms with E-state index in [1.54, 1.807) is 6.20 Å². The van der Waals surface area contributed by atoms with E-state index < -0.39 is 0 Å². The number of aromatic nitrogens is 7. The number of amides is 1. The van der Waals surface area contributed by atoms with Gasteiger partial charge < -0.3 is 5.32 Å². The fraction of sp³-hybridized carbons (Fsp3) is 0.458. The van der Waals surface area contributed by atoms with Gasteiger partial charge in [0.1, 0.15) is 0 Å². The van der Waals surface area contributed by atoms with E-state index in [2.05, 4.69) is 29.4 Å². The highest BCUT2D eigenvalue weighted by Crippen LogP contribution is 2.45. The second-order valence-corrected chi connectivity index (χ2v) is 9.30. The van der Waals surface area contributed by atoms with Gasteiger partial charge in [-0.3, -0.25) is 18.8 Å². The van der Waals surface area contributed by atoms with E-state index in [-0.39, 0.29) is 5.91 Å². The van der Waals surface area contributed by atoms with Crippen LogP contribution in [0.3, 0.4) is 0 Å². The van der Waals surface area contributed by atoms with Gasteiger partial charge in [-0.15, -0.1) is 0 Å². The van der Waals surface area contributed by atoms with Gasteiger partial charge in [-0.2, -0.15) is 15.3 Å². The lowest BCUT2D eigenvalue weighted by molar-refractivity contribution is 0.102. The van der Waals surface area contributed by atoms with E-state index in [0.29, 0.717) is 29.6 Å². The van der Waals surface area contributed by atoms with E-state index in [1.807, 2.05) is 39.6 Å². The van der Waals surface area contributed by atoms with Crippen LogP contribution in [0.25, 0.3) is 11.0 Å². The number of hydrogen-bond acceptors (Lipinski definition) is 5. The molecular formula is C24H28N8O. The highest BCUT2D eigenvalue weighted by molar-refractivity contribution is 6.12. The third kappa shape index (κ3) is 3.61. The van der Waals surface area contributed by atoms with Gasteiger partial charge >= 0.3 is 0 Å². The van der Waals surface area contributed by atoms with Crippen molar-refractivity contribution in [3.63, 3.8) is 0 Å². The van der Waals surface area contributed by atoms with Crippen molar-refractivity contribution in [3.8, 4) is 0 Å². The standard InChI is InChI=1S/C24H28N8O/c1-4-32-14(2)17(10-26-32)12-31-13-18(11-25-31)27-24(33)19-9-20(15-5-6-15)28-23-21(19)22(16-7-8-16)29-30(23)3/h9-11,13,15-16H,4-8,12H2,1-3H3,(H,27,33). The van der Waals surface area contributed by atoms with Crippen LogP contribution in [0, 0.1) is 6.92 Å². The third-order valence-electron chi connectivity index (χ3n) is 6.77. The summed E-state index contributed by atoms with van der Waals surface area (Å²) in [6.45, 7) is 5.59. The first-order chi connectivity index (χ1) is 16.0. The van der Waals surface area contributed by atoms with Crippen molar-refractivity contribution in [2.45, 2.75) is 64.5 Å². The molecular weight excluding hydrogens is 416 g/mol. The van der Waals surface area contributed by atoms with Gasteiger partial charge in [-0.25, -0.2) is 4.98 Å². The Kier molecular flexibility index (Phi) is 4.60. The van der Waals surface area contributed by atoms with Crippen LogP contribution in [0.15, 0.2) is 24.7 Å². The predicted molar refractivity (Wildman–Crippen MR) is 124 cm³/mol. The quantitative estimate of drug-likeness (QED) is 0.468. The Morgan fingerprint density at radius 1 is 1.15 bits per heavy atom. The van der Waals surface area contributed by atoms with Crippen molar-refractivity contribution in [3.05, 3.63) is 52.9 Å². The molecule has 0 aliphatic heterocycles. The normalized spacial score (nSPS) is 16.0. The molecule has 9 heteroatoms. The van der Waals surface area contributed by atoms with Gasteiger partial charge in [-0.05, 0) is 45.6 Å². The fourth-order valence-electron chi connectivity index (χ4n) is 4.55. The Bertz CT molecular complexity index is 1370. The number of aryl methyl sites for hydroxylation is 2. The third-order valence-corrected chi connectivity index (χ3v) is 6.77. The Morgan fingerprint density at radius 3 is 2.64 bits per heavy atom. The molecule has 0 radical (unpaired) electrons. The lowest BCUT2D eigenvalue weighted by atomic mass is 10.0. The van der Waals surface area contributed by atoms with Crippen molar-refractivity contribution < 1.29 is 4.79 Å². The van der Waals surface area contributed by atoms with Crippen LogP contribution in [0.4, 0.5) is 5.69 Å². The minimum Gasteiger partial charge on any atom is -0.319 e. The van der Waals surface area contributed by atoms with E-state index in [1.165, 1.54) is 0 Å². The molecule has 1 amide bonds. The van der Waals surface area contributed by atoms with Gasteiger partial charge in [0.05, 0.1) is 41.3 Å². The number of fused-ring (bicyclic) bond motifs is 1. The molecule has 2 saturated carbocycles. The first-order valence-corrected chi connectivity index (χ1v) is 11.7. The van der Waals surface area contributed by atoms with Crippen LogP contribution in [0.5, 0.6) is 0 Å². The summed E-state index contributed by atoms with van der Waals surface area (Å²) in [4.78, 5) is 18.3. The minimum atomic E-state index is -0.131. The van der Waals surface area contributed by atoms with Gasteiger partial charge in [0.15, 0.2) is 5.65 Å². The summed E-state index contributed by atoms with van der Waals surface area (Å²) in [6, 6.07) is 1.98. The molecule has 0 spiro atoms. The van der Waals surface area contributed by atoms with Crippen molar-refractivity contribution in [2.24, 2.45) is 7.05 Å². The summed E-state index contributed by atoms with van der Waals surface area (Å²) in [5.41, 5.74) is 6.41. The van der Waals surface area contributed by atoms with E-state index in [9.17, 15) is 4.79 Å². The van der Waals surface area contributed by atoms with Crippen LogP contribution in [-0.4, -0.2) is 40.2 Å². The average Bonchev–Trinajstić information content (AvgIpc) is 3.73. The predicted octanol–water partition coefficient (Wildman–Crippen LogP) is 3.75. The molecule has 2 aliphatic carbocycles. The zero-order valence-corrected chi connectivity index (χ0v) is 19.2. The maximum Gasteiger partial charge on any atom is 0.256 e. The molecule has 170 valence electrons. The summed E-state index contributed by atoms with van der Waals surface area (Å²) in [6.07, 6.45) is 9.96. The van der Waals surface area contributed by atoms with Crippen molar-refractivity contribution in [1.82, 2.24) is 34.3 Å². The highest BCUT2D eigenvalue weighted by Gasteiger charge is 2.33. The highest BCUT2D eigenvalue weighted by atomic mass is 16.1. The van der Waals surface area contributed by atoms with Crippen LogP contribution >= 0.6 is 0 Å². The van der Waals surface area contributed by atoms with Crippen LogP contribution < -0.4 is 5.32 Å². The lowest BCUT2D eigenvalue weighted by Gasteiger charge is -2.08. The zero-order chi connectivity index (χ0) is 22.7. The minimum absolute atomic E-state index is 0.131. The molecule has 0 atom stereocenters. The molecule has 4 heterocycles. The smallest absolute Gasteiger partial charge is 0.256 e. The van der Waals surface area contributed by atoms with E-state index in [4.69, 9.17) is 10.1 Å². The fourth-order valence-corrected chi connectivity index (χ4v) is 4.55. The van der Waals surface area contributed by atoms with Crippen molar-refractivity contribution >= 4 is 22.6 Å². The zero-order valence-electron chi connectivity index (χ0n) is 19.2. The average molecular weight is 445 g/mol. The van der Waals surface area contributed by atoms with Crippen LogP contribution in [-0.2, 0) is 20.1 Å². The maximum absolute atomic E-state index is 13.5. The van der Waals surface area contributed by atoms with Gasteiger partial charge in [0, 0.05) is 48.6 Å². The molecule has 0 bridgehead atoms. The number of carbonyl (C=O) groups is 1. The topological polar surface area (TPSA) is 95.5 Å². The molecule has 6 rings (SSSR count). The van der Waals surface area contributed by atoms with Crippen LogP contribution in [0.1, 0.15) is 77.4 Å². The summed E-state index contributed by atoms with van der Waals surface area (Å²) < 4.78 is 5.64. The van der Waals surface area contributed by atoms with Crippen LogP contribution in [0.2, 0.25) is 0 Å². The number of anilines is 1. The molecule has 2 fully saturated rings. The number of nitrogens with one attached hydrogen (secondary N) is 1. The molecule has 9 nitrogen and oxygen atoms in total. The Labute approximate surface area is 191 Å². The SMILES string of the molecule is CCn1ncc(Cn2cc(NC(=O)c3cc(C4CC4)nc4c3c(C3CC3)nn4C)cn2)c1C. The molecule has 33 heavy (non-hydrogen) atoms. The largest absolute Gasteiger partial charge is 0.319 e. The Hall–Kier alpha value is -3.49. The summed E-state index contributed by atoms with van der Waals surface area (Å²) in [5, 5.41) is 17.6.